The highest BCUT2D eigenvalue weighted by Gasteiger charge is 2.17. The monoisotopic (exact) mass is 306 g/mol. The maximum Gasteiger partial charge on any atom is 0.190 e. The Labute approximate surface area is 131 Å². The molecule has 22 heavy (non-hydrogen) atoms. The summed E-state index contributed by atoms with van der Waals surface area (Å²) in [4.78, 5) is 2.44. The lowest BCUT2D eigenvalue weighted by molar-refractivity contribution is 0.126. The van der Waals surface area contributed by atoms with E-state index in [-0.39, 0.29) is 5.96 Å². The van der Waals surface area contributed by atoms with Gasteiger partial charge in [-0.25, -0.2) is 0 Å². The number of hydrogen-bond donors (Lipinski definition) is 4. The Hall–Kier alpha value is -1.79. The van der Waals surface area contributed by atoms with Gasteiger partial charge in [0.1, 0.15) is 5.75 Å². The van der Waals surface area contributed by atoms with Crippen LogP contribution in [0.3, 0.4) is 0 Å². The first-order valence-corrected chi connectivity index (χ1v) is 7.84. The van der Waals surface area contributed by atoms with Gasteiger partial charge in [0.05, 0.1) is 6.61 Å². The lowest BCUT2D eigenvalue weighted by Crippen LogP contribution is -2.35. The van der Waals surface area contributed by atoms with Crippen LogP contribution < -0.4 is 15.8 Å². The quantitative estimate of drug-likeness (QED) is 0.348. The number of ether oxygens (including phenoxy) is 1. The fourth-order valence-electron chi connectivity index (χ4n) is 2.66. The van der Waals surface area contributed by atoms with Crippen LogP contribution in [0.15, 0.2) is 24.3 Å². The Morgan fingerprint density at radius 3 is 2.59 bits per heavy atom. The maximum absolute atomic E-state index is 9.12. The Balaban J connectivity index is 1.61. The molecule has 0 unspecified atom stereocenters. The Kier molecular flexibility index (Phi) is 6.48. The molecule has 0 spiro atoms. The van der Waals surface area contributed by atoms with Crippen molar-refractivity contribution in [2.24, 2.45) is 11.7 Å². The first kappa shape index (κ1) is 16.6. The second kappa shape index (κ2) is 8.60. The van der Waals surface area contributed by atoms with E-state index in [1.807, 2.05) is 24.3 Å². The van der Waals surface area contributed by atoms with E-state index in [1.165, 1.54) is 0 Å². The summed E-state index contributed by atoms with van der Waals surface area (Å²) in [5.41, 5.74) is 6.06. The maximum atomic E-state index is 9.12. The molecular weight excluding hydrogens is 280 g/mol. The first-order chi connectivity index (χ1) is 10.7. The number of guanidine groups is 1. The Bertz CT molecular complexity index is 456. The summed E-state index contributed by atoms with van der Waals surface area (Å²) in [6, 6.07) is 7.43. The van der Waals surface area contributed by atoms with E-state index in [0.29, 0.717) is 19.1 Å². The van der Waals surface area contributed by atoms with Crippen molar-refractivity contribution in [3.05, 3.63) is 24.3 Å². The molecule has 0 radical (unpaired) electrons. The molecule has 0 saturated carbocycles. The third-order valence-electron chi connectivity index (χ3n) is 3.99. The predicted octanol–water partition coefficient (Wildman–Crippen LogP) is 1.47. The van der Waals surface area contributed by atoms with Crippen molar-refractivity contribution in [1.82, 2.24) is 4.90 Å². The lowest BCUT2D eigenvalue weighted by Gasteiger charge is -2.30. The van der Waals surface area contributed by atoms with Crippen molar-refractivity contribution in [1.29, 1.82) is 5.41 Å². The van der Waals surface area contributed by atoms with Crippen LogP contribution in [0.4, 0.5) is 5.69 Å². The minimum atomic E-state index is -0.0707. The fourth-order valence-corrected chi connectivity index (χ4v) is 2.66. The summed E-state index contributed by atoms with van der Waals surface area (Å²) in [6.07, 6.45) is 3.20. The molecular formula is C16H26N4O2. The van der Waals surface area contributed by atoms with Gasteiger partial charge in [-0.1, -0.05) is 0 Å². The van der Waals surface area contributed by atoms with E-state index in [2.05, 4.69) is 10.2 Å². The normalized spacial score (nSPS) is 16.4. The standard InChI is InChI=1S/C16H26N4O2/c17-16(18)19-14-2-4-15(5-3-14)22-11-1-8-20-9-6-13(12-21)7-10-20/h2-5,13,21H,1,6-12H2,(H4,17,18,19). The van der Waals surface area contributed by atoms with Crippen molar-refractivity contribution in [3.8, 4) is 5.75 Å². The van der Waals surface area contributed by atoms with E-state index in [9.17, 15) is 0 Å². The van der Waals surface area contributed by atoms with Crippen LogP contribution in [-0.2, 0) is 0 Å². The van der Waals surface area contributed by atoms with Crippen LogP contribution in [0.25, 0.3) is 0 Å². The number of aliphatic hydroxyl groups excluding tert-OH is 1. The van der Waals surface area contributed by atoms with Crippen molar-refractivity contribution < 1.29 is 9.84 Å². The van der Waals surface area contributed by atoms with Crippen LogP contribution >= 0.6 is 0 Å². The number of aliphatic hydroxyl groups is 1. The largest absolute Gasteiger partial charge is 0.494 e. The highest BCUT2D eigenvalue weighted by Crippen LogP contribution is 2.17. The molecule has 1 aliphatic rings. The minimum Gasteiger partial charge on any atom is -0.494 e. The zero-order valence-electron chi connectivity index (χ0n) is 12.9. The van der Waals surface area contributed by atoms with Gasteiger partial charge in [0.2, 0.25) is 0 Å². The van der Waals surface area contributed by atoms with Gasteiger partial charge in [-0.2, -0.15) is 0 Å². The average molecular weight is 306 g/mol. The van der Waals surface area contributed by atoms with E-state index in [1.54, 1.807) is 0 Å². The molecule has 1 aromatic carbocycles. The first-order valence-electron chi connectivity index (χ1n) is 7.84. The summed E-state index contributed by atoms with van der Waals surface area (Å²) in [7, 11) is 0. The molecule has 1 fully saturated rings. The summed E-state index contributed by atoms with van der Waals surface area (Å²) in [6.45, 7) is 4.22. The van der Waals surface area contributed by atoms with E-state index >= 15 is 0 Å². The van der Waals surface area contributed by atoms with Gasteiger partial charge >= 0.3 is 0 Å². The fraction of sp³-hybridized carbons (Fsp3) is 0.562. The number of nitrogens with two attached hydrogens (primary N) is 1. The summed E-state index contributed by atoms with van der Waals surface area (Å²) >= 11 is 0. The third kappa shape index (κ3) is 5.54. The van der Waals surface area contributed by atoms with E-state index in [0.717, 1.165) is 50.3 Å². The average Bonchev–Trinajstić information content (AvgIpc) is 2.53. The molecule has 0 atom stereocenters. The second-order valence-electron chi connectivity index (χ2n) is 5.73. The molecule has 1 aliphatic heterocycles. The van der Waals surface area contributed by atoms with Crippen LogP contribution in [0.1, 0.15) is 19.3 Å². The van der Waals surface area contributed by atoms with E-state index < -0.39 is 0 Å². The number of piperidine rings is 1. The third-order valence-corrected chi connectivity index (χ3v) is 3.99. The zero-order valence-corrected chi connectivity index (χ0v) is 12.9. The van der Waals surface area contributed by atoms with Gasteiger partial charge in [-0.05, 0) is 62.5 Å². The molecule has 6 nitrogen and oxygen atoms in total. The van der Waals surface area contributed by atoms with Crippen LogP contribution in [-0.4, -0.2) is 48.8 Å². The molecule has 5 N–H and O–H groups in total. The number of nitrogens with zero attached hydrogens (tertiary/aromatic N) is 1. The van der Waals surface area contributed by atoms with Gasteiger partial charge < -0.3 is 25.8 Å². The lowest BCUT2D eigenvalue weighted by atomic mass is 9.98. The van der Waals surface area contributed by atoms with Gasteiger partial charge in [0, 0.05) is 18.8 Å². The topological polar surface area (TPSA) is 94.6 Å². The van der Waals surface area contributed by atoms with E-state index in [4.69, 9.17) is 21.0 Å². The summed E-state index contributed by atoms with van der Waals surface area (Å²) < 4.78 is 5.72. The molecule has 1 aromatic rings. The molecule has 1 heterocycles. The van der Waals surface area contributed by atoms with Crippen molar-refractivity contribution in [2.75, 3.05) is 38.2 Å². The number of anilines is 1. The number of benzene rings is 1. The van der Waals surface area contributed by atoms with Gasteiger partial charge in [-0.15, -0.1) is 0 Å². The van der Waals surface area contributed by atoms with Gasteiger partial charge in [0.25, 0.3) is 0 Å². The van der Waals surface area contributed by atoms with Crippen molar-refractivity contribution in [3.63, 3.8) is 0 Å². The van der Waals surface area contributed by atoms with Crippen molar-refractivity contribution >= 4 is 11.6 Å². The molecule has 6 heteroatoms. The highest BCUT2D eigenvalue weighted by molar-refractivity contribution is 5.89. The Morgan fingerprint density at radius 1 is 1.32 bits per heavy atom. The molecule has 122 valence electrons. The SMILES string of the molecule is N=C(N)Nc1ccc(OCCCN2CCC(CO)CC2)cc1. The summed E-state index contributed by atoms with van der Waals surface area (Å²) in [5, 5.41) is 19.0. The van der Waals surface area contributed by atoms with Crippen LogP contribution in [0.5, 0.6) is 5.75 Å². The molecule has 0 bridgehead atoms. The molecule has 1 saturated heterocycles. The molecule has 0 aromatic heterocycles. The zero-order chi connectivity index (χ0) is 15.8. The summed E-state index contributed by atoms with van der Waals surface area (Å²) in [5.74, 6) is 1.25. The minimum absolute atomic E-state index is 0.0707. The van der Waals surface area contributed by atoms with Crippen LogP contribution in [0, 0.1) is 11.3 Å². The predicted molar refractivity (Wildman–Crippen MR) is 88.3 cm³/mol. The Morgan fingerprint density at radius 2 is 2.00 bits per heavy atom. The number of hydrogen-bond acceptors (Lipinski definition) is 4. The van der Waals surface area contributed by atoms with Gasteiger partial charge in [0.15, 0.2) is 5.96 Å². The van der Waals surface area contributed by atoms with Crippen LogP contribution in [0.2, 0.25) is 0 Å². The molecule has 0 amide bonds. The smallest absolute Gasteiger partial charge is 0.190 e. The van der Waals surface area contributed by atoms with Gasteiger partial charge in [-0.3, -0.25) is 5.41 Å². The van der Waals surface area contributed by atoms with Crippen molar-refractivity contribution in [2.45, 2.75) is 19.3 Å². The molecule has 0 aliphatic carbocycles. The number of nitrogens with one attached hydrogen (secondary N) is 2. The second-order valence-corrected chi connectivity index (χ2v) is 5.73. The number of likely N-dealkylation sites (tertiary alicyclic amines) is 1. The number of rotatable bonds is 7. The highest BCUT2D eigenvalue weighted by atomic mass is 16.5. The molecule has 2 rings (SSSR count).